The Hall–Kier alpha value is -1.65. The third-order valence-corrected chi connectivity index (χ3v) is 3.88. The molecule has 21 heavy (non-hydrogen) atoms. The van der Waals surface area contributed by atoms with E-state index in [0.717, 1.165) is 12.0 Å². The van der Waals surface area contributed by atoms with Gasteiger partial charge in [0.2, 0.25) is 5.91 Å². The second-order valence-corrected chi connectivity index (χ2v) is 5.33. The summed E-state index contributed by atoms with van der Waals surface area (Å²) in [6.45, 7) is 0.592. The number of aliphatic hydroxyl groups excluding tert-OH is 1. The van der Waals surface area contributed by atoms with Crippen LogP contribution in [0.3, 0.4) is 0 Å². The van der Waals surface area contributed by atoms with E-state index in [1.54, 1.807) is 12.0 Å². The molecule has 0 radical (unpaired) electrons. The molecule has 1 saturated heterocycles. The van der Waals surface area contributed by atoms with Crippen molar-refractivity contribution >= 4 is 12.0 Å². The number of carbonyl (C=O) groups excluding carboxylic acids is 1. The van der Waals surface area contributed by atoms with Crippen LogP contribution in [0.25, 0.3) is 6.08 Å². The van der Waals surface area contributed by atoms with Crippen LogP contribution >= 0.6 is 0 Å². The molecule has 1 aliphatic rings. The van der Waals surface area contributed by atoms with E-state index in [9.17, 15) is 9.90 Å². The number of methoxy groups -OCH3 is 1. The Morgan fingerprint density at radius 2 is 2.19 bits per heavy atom. The van der Waals surface area contributed by atoms with Gasteiger partial charge in [-0.3, -0.25) is 4.79 Å². The highest BCUT2D eigenvalue weighted by Gasteiger charge is 2.34. The zero-order valence-corrected chi connectivity index (χ0v) is 12.4. The fraction of sp³-hybridized carbons (Fsp3) is 0.471. The first-order valence-corrected chi connectivity index (χ1v) is 7.39. The molecule has 0 spiro atoms. The molecule has 0 bridgehead atoms. The van der Waals surface area contributed by atoms with Crippen LogP contribution in [0.4, 0.5) is 0 Å². The van der Waals surface area contributed by atoms with Crippen LogP contribution in [0, 0.1) is 0 Å². The number of allylic oxidation sites excluding steroid dienone is 1. The fourth-order valence-electron chi connectivity index (χ4n) is 2.66. The first-order chi connectivity index (χ1) is 10.2. The summed E-state index contributed by atoms with van der Waals surface area (Å²) in [5, 5.41) is 9.36. The van der Waals surface area contributed by atoms with Crippen LogP contribution in [0.5, 0.6) is 0 Å². The van der Waals surface area contributed by atoms with Gasteiger partial charge in [-0.2, -0.15) is 0 Å². The lowest BCUT2D eigenvalue weighted by atomic mass is 10.1. The molecule has 0 unspecified atom stereocenters. The average molecular weight is 289 g/mol. The molecule has 1 aliphatic heterocycles. The van der Waals surface area contributed by atoms with E-state index in [1.165, 1.54) is 0 Å². The lowest BCUT2D eigenvalue weighted by Crippen LogP contribution is -2.37. The highest BCUT2D eigenvalue weighted by atomic mass is 16.5. The molecule has 1 N–H and O–H groups in total. The van der Waals surface area contributed by atoms with Crippen molar-refractivity contribution in [2.45, 2.75) is 31.4 Å². The van der Waals surface area contributed by atoms with Crippen molar-refractivity contribution in [1.82, 2.24) is 4.90 Å². The van der Waals surface area contributed by atoms with Gasteiger partial charge in [0.25, 0.3) is 0 Å². The van der Waals surface area contributed by atoms with Crippen LogP contribution in [0.15, 0.2) is 36.4 Å². The van der Waals surface area contributed by atoms with Crippen molar-refractivity contribution in [2.75, 3.05) is 20.3 Å². The average Bonchev–Trinajstić information content (AvgIpc) is 2.96. The molecule has 1 aromatic carbocycles. The Morgan fingerprint density at radius 1 is 1.43 bits per heavy atom. The Labute approximate surface area is 126 Å². The standard InChI is InChI=1S/C17H23NO3/c1-21-16-11-15(13-19)18(12-16)17(20)10-6-5-9-14-7-3-2-4-8-14/h2-5,7-9,15-16,19H,6,10-13H2,1H3/b9-5+/t15-,16-/m0/s1. The number of likely N-dealkylation sites (tertiary alicyclic amines) is 1. The second kappa shape index (κ2) is 7.96. The summed E-state index contributed by atoms with van der Waals surface area (Å²) in [5.41, 5.74) is 1.14. The third-order valence-electron chi connectivity index (χ3n) is 3.88. The van der Waals surface area contributed by atoms with Gasteiger partial charge in [-0.05, 0) is 18.4 Å². The molecule has 0 saturated carbocycles. The molecule has 4 nitrogen and oxygen atoms in total. The lowest BCUT2D eigenvalue weighted by molar-refractivity contribution is -0.133. The lowest BCUT2D eigenvalue weighted by Gasteiger charge is -2.22. The second-order valence-electron chi connectivity index (χ2n) is 5.33. The zero-order valence-electron chi connectivity index (χ0n) is 12.4. The molecule has 114 valence electrons. The molecule has 0 aromatic heterocycles. The summed E-state index contributed by atoms with van der Waals surface area (Å²) in [7, 11) is 1.65. The Bertz CT molecular complexity index is 472. The molecule has 2 atom stereocenters. The smallest absolute Gasteiger partial charge is 0.223 e. The highest BCUT2D eigenvalue weighted by molar-refractivity contribution is 5.77. The van der Waals surface area contributed by atoms with Crippen LogP contribution in [-0.4, -0.2) is 48.3 Å². The first kappa shape index (κ1) is 15.7. The minimum atomic E-state index is -0.0967. The van der Waals surface area contributed by atoms with Gasteiger partial charge in [0.05, 0.1) is 18.8 Å². The topological polar surface area (TPSA) is 49.8 Å². The number of aliphatic hydroxyl groups is 1. The van der Waals surface area contributed by atoms with Crippen LogP contribution in [0.1, 0.15) is 24.8 Å². The first-order valence-electron chi connectivity index (χ1n) is 7.39. The highest BCUT2D eigenvalue weighted by Crippen LogP contribution is 2.21. The molecule has 1 heterocycles. The van der Waals surface area contributed by atoms with Gasteiger partial charge in [-0.15, -0.1) is 0 Å². The van der Waals surface area contributed by atoms with Gasteiger partial charge >= 0.3 is 0 Å². The maximum Gasteiger partial charge on any atom is 0.223 e. The monoisotopic (exact) mass is 289 g/mol. The van der Waals surface area contributed by atoms with E-state index in [-0.39, 0.29) is 24.7 Å². The van der Waals surface area contributed by atoms with E-state index in [1.807, 2.05) is 42.5 Å². The van der Waals surface area contributed by atoms with Crippen LogP contribution < -0.4 is 0 Å². The summed E-state index contributed by atoms with van der Waals surface area (Å²) in [6.07, 6.45) is 5.99. The molecule has 2 rings (SSSR count). The van der Waals surface area contributed by atoms with Crippen LogP contribution in [0.2, 0.25) is 0 Å². The van der Waals surface area contributed by atoms with Crippen LogP contribution in [-0.2, 0) is 9.53 Å². The Kier molecular flexibility index (Phi) is 5.96. The van der Waals surface area contributed by atoms with Crippen molar-refractivity contribution in [3.05, 3.63) is 42.0 Å². The summed E-state index contributed by atoms with van der Waals surface area (Å²) in [5.74, 6) is 0.0892. The van der Waals surface area contributed by atoms with Crippen molar-refractivity contribution in [3.63, 3.8) is 0 Å². The summed E-state index contributed by atoms with van der Waals surface area (Å²) >= 11 is 0. The number of ether oxygens (including phenoxy) is 1. The Morgan fingerprint density at radius 3 is 2.86 bits per heavy atom. The molecule has 0 aliphatic carbocycles. The number of rotatable bonds is 6. The van der Waals surface area contributed by atoms with Crippen molar-refractivity contribution in [2.24, 2.45) is 0 Å². The quantitative estimate of drug-likeness (QED) is 0.872. The number of carbonyl (C=O) groups is 1. The van der Waals surface area contributed by atoms with E-state index in [2.05, 4.69) is 0 Å². The van der Waals surface area contributed by atoms with Gasteiger partial charge in [-0.25, -0.2) is 0 Å². The van der Waals surface area contributed by atoms with Gasteiger partial charge < -0.3 is 14.7 Å². The molecule has 1 aromatic rings. The van der Waals surface area contributed by atoms with Crippen molar-refractivity contribution in [3.8, 4) is 0 Å². The maximum absolute atomic E-state index is 12.2. The summed E-state index contributed by atoms with van der Waals surface area (Å²) in [4.78, 5) is 14.0. The maximum atomic E-state index is 12.2. The van der Waals surface area contributed by atoms with E-state index in [0.29, 0.717) is 19.4 Å². The molecular formula is C17H23NO3. The minimum Gasteiger partial charge on any atom is -0.394 e. The normalized spacial score (nSPS) is 22.1. The van der Waals surface area contributed by atoms with Gasteiger partial charge in [0, 0.05) is 20.1 Å². The van der Waals surface area contributed by atoms with Gasteiger partial charge in [-0.1, -0.05) is 42.5 Å². The van der Waals surface area contributed by atoms with Gasteiger partial charge in [0.15, 0.2) is 0 Å². The SMILES string of the molecule is CO[C@H]1C[C@@H](CO)N(C(=O)CC/C=C/c2ccccc2)C1. The molecule has 1 fully saturated rings. The summed E-state index contributed by atoms with van der Waals surface area (Å²) < 4.78 is 5.29. The van der Waals surface area contributed by atoms with Crippen molar-refractivity contribution < 1.29 is 14.6 Å². The third kappa shape index (κ3) is 4.41. The zero-order chi connectivity index (χ0) is 15.1. The van der Waals surface area contributed by atoms with Gasteiger partial charge in [0.1, 0.15) is 0 Å². The Balaban J connectivity index is 1.80. The molecule has 1 amide bonds. The largest absolute Gasteiger partial charge is 0.394 e. The molecule has 4 heteroatoms. The predicted molar refractivity (Wildman–Crippen MR) is 82.7 cm³/mol. The van der Waals surface area contributed by atoms with E-state index >= 15 is 0 Å². The van der Waals surface area contributed by atoms with Crippen molar-refractivity contribution in [1.29, 1.82) is 0 Å². The number of hydrogen-bond acceptors (Lipinski definition) is 3. The van der Waals surface area contributed by atoms with E-state index in [4.69, 9.17) is 4.74 Å². The number of amides is 1. The molecular weight excluding hydrogens is 266 g/mol. The fourth-order valence-corrected chi connectivity index (χ4v) is 2.66. The number of nitrogens with zero attached hydrogens (tertiary/aromatic N) is 1. The number of benzene rings is 1. The minimum absolute atomic E-state index is 0.00541. The van der Waals surface area contributed by atoms with E-state index < -0.39 is 0 Å². The summed E-state index contributed by atoms with van der Waals surface area (Å²) in [6, 6.07) is 9.93. The number of hydrogen-bond donors (Lipinski definition) is 1. The predicted octanol–water partition coefficient (Wildman–Crippen LogP) is 2.09.